The number of halogens is 2. The molecule has 0 saturated carbocycles. The van der Waals surface area contributed by atoms with Gasteiger partial charge >= 0.3 is 0 Å². The van der Waals surface area contributed by atoms with Crippen molar-refractivity contribution in [3.8, 4) is 0 Å². The van der Waals surface area contributed by atoms with Crippen LogP contribution in [0.5, 0.6) is 0 Å². The SMILES string of the molecule is CNC(=O)CN(c1cccc(Cl)c1)S(=O)(=O)c1ccc(Cl)cc1. The number of hydrogen-bond donors (Lipinski definition) is 1. The van der Waals surface area contributed by atoms with E-state index in [1.165, 1.54) is 37.4 Å². The third-order valence-corrected chi connectivity index (χ3v) is 5.34. The van der Waals surface area contributed by atoms with E-state index in [1.807, 2.05) is 0 Å². The number of sulfonamides is 1. The smallest absolute Gasteiger partial charge is 0.264 e. The van der Waals surface area contributed by atoms with Crippen LogP contribution in [0.3, 0.4) is 0 Å². The lowest BCUT2D eigenvalue weighted by Gasteiger charge is -2.24. The van der Waals surface area contributed by atoms with Gasteiger partial charge in [-0.3, -0.25) is 9.10 Å². The first-order valence-electron chi connectivity index (χ1n) is 6.59. The third-order valence-electron chi connectivity index (χ3n) is 3.06. The summed E-state index contributed by atoms with van der Waals surface area (Å²) in [7, 11) is -2.50. The predicted octanol–water partition coefficient (Wildman–Crippen LogP) is 2.93. The van der Waals surface area contributed by atoms with Crippen LogP contribution in [0.4, 0.5) is 5.69 Å². The maximum atomic E-state index is 12.9. The van der Waals surface area contributed by atoms with Gasteiger partial charge in [-0.15, -0.1) is 0 Å². The summed E-state index contributed by atoms with van der Waals surface area (Å²) in [5.74, 6) is -0.442. The summed E-state index contributed by atoms with van der Waals surface area (Å²) in [6.07, 6.45) is 0. The Hall–Kier alpha value is -1.76. The fraction of sp³-hybridized carbons (Fsp3) is 0.133. The van der Waals surface area contributed by atoms with Crippen molar-refractivity contribution in [1.82, 2.24) is 5.32 Å². The molecule has 0 radical (unpaired) electrons. The van der Waals surface area contributed by atoms with Gasteiger partial charge in [-0.05, 0) is 42.5 Å². The lowest BCUT2D eigenvalue weighted by Crippen LogP contribution is -2.39. The molecule has 0 aliphatic heterocycles. The molecule has 0 saturated heterocycles. The summed E-state index contributed by atoms with van der Waals surface area (Å²) >= 11 is 11.7. The van der Waals surface area contributed by atoms with Crippen LogP contribution >= 0.6 is 23.2 Å². The highest BCUT2D eigenvalue weighted by molar-refractivity contribution is 7.92. The molecular weight excluding hydrogens is 359 g/mol. The fourth-order valence-electron chi connectivity index (χ4n) is 1.89. The minimum absolute atomic E-state index is 0.0331. The lowest BCUT2D eigenvalue weighted by molar-refractivity contribution is -0.119. The number of anilines is 1. The Bertz CT molecular complexity index is 808. The van der Waals surface area contributed by atoms with Gasteiger partial charge in [0, 0.05) is 17.1 Å². The van der Waals surface area contributed by atoms with Crippen molar-refractivity contribution < 1.29 is 13.2 Å². The van der Waals surface area contributed by atoms with E-state index in [1.54, 1.807) is 18.2 Å². The van der Waals surface area contributed by atoms with E-state index in [4.69, 9.17) is 23.2 Å². The van der Waals surface area contributed by atoms with Crippen molar-refractivity contribution in [3.63, 3.8) is 0 Å². The topological polar surface area (TPSA) is 66.5 Å². The molecule has 0 aliphatic carbocycles. The Labute approximate surface area is 144 Å². The minimum Gasteiger partial charge on any atom is -0.358 e. The van der Waals surface area contributed by atoms with Gasteiger partial charge in [0.2, 0.25) is 5.91 Å². The van der Waals surface area contributed by atoms with Crippen LogP contribution in [0.1, 0.15) is 0 Å². The molecule has 2 aromatic rings. The number of likely N-dealkylation sites (N-methyl/N-ethyl adjacent to an activating group) is 1. The number of rotatable bonds is 5. The average Bonchev–Trinajstić information content (AvgIpc) is 2.52. The molecule has 0 spiro atoms. The number of nitrogens with one attached hydrogen (secondary N) is 1. The molecule has 2 aromatic carbocycles. The van der Waals surface area contributed by atoms with Gasteiger partial charge in [0.1, 0.15) is 6.54 Å². The molecule has 23 heavy (non-hydrogen) atoms. The standard InChI is InChI=1S/C15H14Cl2N2O3S/c1-18-15(20)10-19(13-4-2-3-12(17)9-13)23(21,22)14-7-5-11(16)6-8-14/h2-9H,10H2,1H3,(H,18,20). The normalized spacial score (nSPS) is 11.1. The highest BCUT2D eigenvalue weighted by atomic mass is 35.5. The minimum atomic E-state index is -3.94. The van der Waals surface area contributed by atoms with Crippen molar-refractivity contribution in [2.75, 3.05) is 17.9 Å². The number of hydrogen-bond acceptors (Lipinski definition) is 3. The largest absolute Gasteiger partial charge is 0.358 e. The summed E-state index contributed by atoms with van der Waals surface area (Å²) < 4.78 is 26.7. The number of benzene rings is 2. The van der Waals surface area contributed by atoms with E-state index in [-0.39, 0.29) is 11.4 Å². The molecule has 0 aliphatic rings. The van der Waals surface area contributed by atoms with Crippen LogP contribution in [0.25, 0.3) is 0 Å². The average molecular weight is 373 g/mol. The van der Waals surface area contributed by atoms with Crippen LogP contribution in [-0.4, -0.2) is 27.9 Å². The summed E-state index contributed by atoms with van der Waals surface area (Å²) in [5, 5.41) is 3.21. The zero-order valence-electron chi connectivity index (χ0n) is 12.2. The van der Waals surface area contributed by atoms with E-state index in [0.29, 0.717) is 15.7 Å². The van der Waals surface area contributed by atoms with Crippen molar-refractivity contribution in [2.45, 2.75) is 4.90 Å². The first kappa shape index (κ1) is 17.6. The Kier molecular flexibility index (Phi) is 5.51. The highest BCUT2D eigenvalue weighted by Gasteiger charge is 2.27. The highest BCUT2D eigenvalue weighted by Crippen LogP contribution is 2.26. The van der Waals surface area contributed by atoms with Crippen molar-refractivity contribution >= 4 is 44.8 Å². The molecule has 8 heteroatoms. The van der Waals surface area contributed by atoms with Gasteiger partial charge in [0.25, 0.3) is 10.0 Å². The number of amides is 1. The zero-order valence-corrected chi connectivity index (χ0v) is 14.5. The zero-order chi connectivity index (χ0) is 17.0. The van der Waals surface area contributed by atoms with Gasteiger partial charge in [-0.1, -0.05) is 29.3 Å². The van der Waals surface area contributed by atoms with Crippen LogP contribution in [0.2, 0.25) is 10.0 Å². The second-order valence-electron chi connectivity index (χ2n) is 4.62. The molecule has 122 valence electrons. The van der Waals surface area contributed by atoms with Gasteiger partial charge in [-0.25, -0.2) is 8.42 Å². The molecule has 0 aromatic heterocycles. The van der Waals surface area contributed by atoms with Gasteiger partial charge in [0.15, 0.2) is 0 Å². The molecule has 0 unspecified atom stereocenters. The monoisotopic (exact) mass is 372 g/mol. The van der Waals surface area contributed by atoms with Crippen LogP contribution < -0.4 is 9.62 Å². The van der Waals surface area contributed by atoms with Gasteiger partial charge < -0.3 is 5.32 Å². The summed E-state index contributed by atoms with van der Waals surface area (Å²) in [5.41, 5.74) is 0.302. The summed E-state index contributed by atoms with van der Waals surface area (Å²) in [6.45, 7) is -0.359. The van der Waals surface area contributed by atoms with Crippen molar-refractivity contribution in [2.24, 2.45) is 0 Å². The number of nitrogens with zero attached hydrogens (tertiary/aromatic N) is 1. The van der Waals surface area contributed by atoms with Crippen molar-refractivity contribution in [1.29, 1.82) is 0 Å². The van der Waals surface area contributed by atoms with E-state index < -0.39 is 15.9 Å². The molecule has 1 amide bonds. The van der Waals surface area contributed by atoms with Crippen LogP contribution in [0, 0.1) is 0 Å². The summed E-state index contributed by atoms with van der Waals surface area (Å²) in [4.78, 5) is 11.8. The predicted molar refractivity (Wildman–Crippen MR) is 91.5 cm³/mol. The Morgan fingerprint density at radius 3 is 2.30 bits per heavy atom. The number of carbonyl (C=O) groups excluding carboxylic acids is 1. The van der Waals surface area contributed by atoms with Crippen molar-refractivity contribution in [3.05, 3.63) is 58.6 Å². The first-order chi connectivity index (χ1) is 10.8. The molecule has 0 heterocycles. The second kappa shape index (κ2) is 7.21. The molecule has 0 fully saturated rings. The van der Waals surface area contributed by atoms with E-state index in [0.717, 1.165) is 4.31 Å². The molecule has 0 atom stereocenters. The maximum Gasteiger partial charge on any atom is 0.264 e. The molecule has 1 N–H and O–H groups in total. The van der Waals surface area contributed by atoms with Crippen LogP contribution in [0.15, 0.2) is 53.4 Å². The fourth-order valence-corrected chi connectivity index (χ4v) is 3.61. The third kappa shape index (κ3) is 4.16. The second-order valence-corrected chi connectivity index (χ2v) is 7.35. The van der Waals surface area contributed by atoms with Gasteiger partial charge in [0.05, 0.1) is 10.6 Å². The lowest BCUT2D eigenvalue weighted by atomic mass is 10.3. The molecule has 0 bridgehead atoms. The molecular formula is C15H14Cl2N2O3S. The first-order valence-corrected chi connectivity index (χ1v) is 8.78. The van der Waals surface area contributed by atoms with E-state index >= 15 is 0 Å². The Morgan fingerprint density at radius 2 is 1.74 bits per heavy atom. The van der Waals surface area contributed by atoms with E-state index in [2.05, 4.69) is 5.32 Å². The summed E-state index contributed by atoms with van der Waals surface area (Å²) in [6, 6.07) is 12.0. The molecule has 5 nitrogen and oxygen atoms in total. The Balaban J connectivity index is 2.51. The number of carbonyl (C=O) groups is 1. The quantitative estimate of drug-likeness (QED) is 0.877. The van der Waals surface area contributed by atoms with Crippen LogP contribution in [-0.2, 0) is 14.8 Å². The Morgan fingerprint density at radius 1 is 1.09 bits per heavy atom. The molecule has 2 rings (SSSR count). The maximum absolute atomic E-state index is 12.9. The van der Waals surface area contributed by atoms with Gasteiger partial charge in [-0.2, -0.15) is 0 Å². The van der Waals surface area contributed by atoms with E-state index in [9.17, 15) is 13.2 Å².